The van der Waals surface area contributed by atoms with E-state index in [1.807, 2.05) is 10.6 Å². The molecule has 0 amide bonds. The number of carbonyl (C=O) groups is 1. The second-order valence-electron chi connectivity index (χ2n) is 7.52. The van der Waals surface area contributed by atoms with Gasteiger partial charge in [0.1, 0.15) is 5.69 Å². The predicted octanol–water partition coefficient (Wildman–Crippen LogP) is 3.36. The average Bonchev–Trinajstić information content (AvgIpc) is 3.19. The first-order chi connectivity index (χ1) is 12.8. The van der Waals surface area contributed by atoms with Gasteiger partial charge in [-0.25, -0.2) is 4.98 Å². The number of nitrogens with zero attached hydrogens (tertiary/aromatic N) is 4. The van der Waals surface area contributed by atoms with Gasteiger partial charge in [-0.05, 0) is 31.2 Å². The first-order valence-corrected chi connectivity index (χ1v) is 9.40. The molecule has 3 aromatic rings. The van der Waals surface area contributed by atoms with E-state index in [0.29, 0.717) is 17.8 Å². The van der Waals surface area contributed by atoms with Crippen LogP contribution in [0.4, 0.5) is 0 Å². The molecule has 0 spiro atoms. The highest BCUT2D eigenvalue weighted by molar-refractivity contribution is 5.97. The minimum absolute atomic E-state index is 0.104. The van der Waals surface area contributed by atoms with Crippen LogP contribution in [0.15, 0.2) is 55.1 Å². The Morgan fingerprint density at radius 2 is 1.85 bits per heavy atom. The monoisotopic (exact) mass is 346 g/mol. The van der Waals surface area contributed by atoms with E-state index in [1.165, 1.54) is 18.4 Å². The molecule has 2 aliphatic heterocycles. The third-order valence-corrected chi connectivity index (χ3v) is 6.03. The normalized spacial score (nSPS) is 25.6. The minimum atomic E-state index is 0.104. The number of carbonyl (C=O) groups excluding carboxylic acids is 1. The van der Waals surface area contributed by atoms with Crippen LogP contribution in [0.3, 0.4) is 0 Å². The van der Waals surface area contributed by atoms with Crippen molar-refractivity contribution in [2.75, 3.05) is 0 Å². The maximum atomic E-state index is 13.2. The molecule has 2 aromatic heterocycles. The van der Waals surface area contributed by atoms with Gasteiger partial charge in [0, 0.05) is 36.9 Å². The maximum Gasteiger partial charge on any atom is 0.184 e. The van der Waals surface area contributed by atoms with Gasteiger partial charge in [0.25, 0.3) is 0 Å². The lowest BCUT2D eigenvalue weighted by molar-refractivity contribution is 0.0673. The SMILES string of the molecule is O=C(c1cnc2cnccn12)C1CC2CCC(C1)N2Cc1ccccc1. The molecule has 2 aliphatic rings. The van der Waals surface area contributed by atoms with E-state index < -0.39 is 0 Å². The summed E-state index contributed by atoms with van der Waals surface area (Å²) in [6.07, 6.45) is 11.3. The van der Waals surface area contributed by atoms with Gasteiger partial charge < -0.3 is 0 Å². The zero-order valence-electron chi connectivity index (χ0n) is 14.7. The highest BCUT2D eigenvalue weighted by atomic mass is 16.1. The predicted molar refractivity (Wildman–Crippen MR) is 98.8 cm³/mol. The van der Waals surface area contributed by atoms with Crippen molar-refractivity contribution in [1.29, 1.82) is 0 Å². The fourth-order valence-electron chi connectivity index (χ4n) is 4.77. The van der Waals surface area contributed by atoms with Gasteiger partial charge in [-0.15, -0.1) is 0 Å². The van der Waals surface area contributed by atoms with Crippen LogP contribution in [-0.2, 0) is 6.54 Å². The molecule has 2 bridgehead atoms. The molecule has 2 saturated heterocycles. The lowest BCUT2D eigenvalue weighted by atomic mass is 9.86. The molecule has 0 N–H and O–H groups in total. The smallest absolute Gasteiger partial charge is 0.184 e. The molecule has 0 saturated carbocycles. The first kappa shape index (κ1) is 15.7. The number of imidazole rings is 1. The van der Waals surface area contributed by atoms with Gasteiger partial charge in [-0.1, -0.05) is 30.3 Å². The molecule has 0 aliphatic carbocycles. The summed E-state index contributed by atoms with van der Waals surface area (Å²) in [6, 6.07) is 11.7. The molecule has 5 nitrogen and oxygen atoms in total. The molecule has 2 unspecified atom stereocenters. The Morgan fingerprint density at radius 1 is 1.08 bits per heavy atom. The summed E-state index contributed by atoms with van der Waals surface area (Å²) < 4.78 is 1.87. The summed E-state index contributed by atoms with van der Waals surface area (Å²) in [5, 5.41) is 0. The summed E-state index contributed by atoms with van der Waals surface area (Å²) in [7, 11) is 0. The molecule has 132 valence electrons. The highest BCUT2D eigenvalue weighted by Gasteiger charge is 2.43. The van der Waals surface area contributed by atoms with Crippen molar-refractivity contribution in [3.63, 3.8) is 0 Å². The Hall–Kier alpha value is -2.53. The van der Waals surface area contributed by atoms with Gasteiger partial charge in [-0.3, -0.25) is 19.1 Å². The van der Waals surface area contributed by atoms with Crippen LogP contribution in [0.25, 0.3) is 5.65 Å². The van der Waals surface area contributed by atoms with Gasteiger partial charge in [0.15, 0.2) is 11.4 Å². The largest absolute Gasteiger partial charge is 0.294 e. The van der Waals surface area contributed by atoms with E-state index in [0.717, 1.165) is 25.0 Å². The molecular formula is C21H22N4O. The summed E-state index contributed by atoms with van der Waals surface area (Å²) in [5.74, 6) is 0.340. The number of aromatic nitrogens is 3. The third kappa shape index (κ3) is 2.63. The van der Waals surface area contributed by atoms with E-state index in [-0.39, 0.29) is 11.7 Å². The van der Waals surface area contributed by atoms with Crippen molar-refractivity contribution < 1.29 is 4.79 Å². The zero-order chi connectivity index (χ0) is 17.5. The van der Waals surface area contributed by atoms with Crippen LogP contribution in [-0.4, -0.2) is 37.1 Å². The number of piperidine rings is 1. The Labute approximate surface area is 152 Å². The molecule has 2 fully saturated rings. The number of hydrogen-bond donors (Lipinski definition) is 0. The molecule has 5 rings (SSSR count). The molecule has 26 heavy (non-hydrogen) atoms. The van der Waals surface area contributed by atoms with E-state index in [2.05, 4.69) is 45.2 Å². The lowest BCUT2D eigenvalue weighted by Crippen LogP contribution is -2.44. The summed E-state index contributed by atoms with van der Waals surface area (Å²) in [4.78, 5) is 24.2. The number of ketones is 1. The van der Waals surface area contributed by atoms with Crippen molar-refractivity contribution >= 4 is 11.4 Å². The molecule has 4 heterocycles. The quantitative estimate of drug-likeness (QED) is 0.680. The summed E-state index contributed by atoms with van der Waals surface area (Å²) >= 11 is 0. The van der Waals surface area contributed by atoms with Crippen LogP contribution < -0.4 is 0 Å². The van der Waals surface area contributed by atoms with E-state index in [9.17, 15) is 4.79 Å². The van der Waals surface area contributed by atoms with Crippen LogP contribution in [0.1, 0.15) is 41.7 Å². The van der Waals surface area contributed by atoms with Crippen LogP contribution in [0.5, 0.6) is 0 Å². The fourth-order valence-corrected chi connectivity index (χ4v) is 4.77. The van der Waals surface area contributed by atoms with Crippen molar-refractivity contribution in [2.45, 2.75) is 44.3 Å². The van der Waals surface area contributed by atoms with Gasteiger partial charge >= 0.3 is 0 Å². The Balaban J connectivity index is 1.35. The minimum Gasteiger partial charge on any atom is -0.294 e. The highest BCUT2D eigenvalue weighted by Crippen LogP contribution is 2.40. The van der Waals surface area contributed by atoms with Crippen LogP contribution >= 0.6 is 0 Å². The summed E-state index contributed by atoms with van der Waals surface area (Å²) in [6.45, 7) is 0.998. The lowest BCUT2D eigenvalue weighted by Gasteiger charge is -2.38. The van der Waals surface area contributed by atoms with Crippen LogP contribution in [0, 0.1) is 5.92 Å². The topological polar surface area (TPSA) is 50.5 Å². The number of rotatable bonds is 4. The second-order valence-corrected chi connectivity index (χ2v) is 7.52. The van der Waals surface area contributed by atoms with E-state index in [1.54, 1.807) is 18.6 Å². The second kappa shape index (κ2) is 6.32. The summed E-state index contributed by atoms with van der Waals surface area (Å²) in [5.41, 5.74) is 2.80. The van der Waals surface area contributed by atoms with Crippen molar-refractivity contribution in [3.8, 4) is 0 Å². The van der Waals surface area contributed by atoms with Crippen molar-refractivity contribution in [1.82, 2.24) is 19.3 Å². The molecule has 0 radical (unpaired) electrons. The van der Waals surface area contributed by atoms with E-state index in [4.69, 9.17) is 0 Å². The number of hydrogen-bond acceptors (Lipinski definition) is 4. The Morgan fingerprint density at radius 3 is 2.62 bits per heavy atom. The Bertz CT molecular complexity index is 921. The van der Waals surface area contributed by atoms with E-state index >= 15 is 0 Å². The van der Waals surface area contributed by atoms with Gasteiger partial charge in [0.2, 0.25) is 0 Å². The Kier molecular flexibility index (Phi) is 3.82. The van der Waals surface area contributed by atoms with Crippen molar-refractivity contribution in [2.24, 2.45) is 5.92 Å². The number of benzene rings is 1. The first-order valence-electron chi connectivity index (χ1n) is 9.40. The average molecular weight is 346 g/mol. The third-order valence-electron chi connectivity index (χ3n) is 6.03. The molecule has 5 heteroatoms. The number of Topliss-reactive ketones (excluding diaryl/α,β-unsaturated/α-hetero) is 1. The maximum absolute atomic E-state index is 13.2. The standard InChI is InChI=1S/C21H22N4O/c26-21(19-12-23-20-13-22-8-9-24(19)20)16-10-17-6-7-18(11-16)25(17)14-15-4-2-1-3-5-15/h1-5,8-9,12-13,16-18H,6-7,10-11,14H2. The van der Waals surface area contributed by atoms with Gasteiger partial charge in [-0.2, -0.15) is 0 Å². The van der Waals surface area contributed by atoms with Crippen LogP contribution in [0.2, 0.25) is 0 Å². The molecular weight excluding hydrogens is 324 g/mol. The molecule has 2 atom stereocenters. The fraction of sp³-hybridized carbons (Fsp3) is 0.381. The zero-order valence-corrected chi connectivity index (χ0v) is 14.7. The molecule has 1 aromatic carbocycles. The number of fused-ring (bicyclic) bond motifs is 3. The van der Waals surface area contributed by atoms with Gasteiger partial charge in [0.05, 0.1) is 12.4 Å². The van der Waals surface area contributed by atoms with Crippen molar-refractivity contribution in [3.05, 3.63) is 66.4 Å².